The molecule has 0 atom stereocenters. The number of rotatable bonds is 3. The molecule has 0 fully saturated rings. The summed E-state index contributed by atoms with van der Waals surface area (Å²) in [5.74, 6) is -1.71. The third-order valence-corrected chi connectivity index (χ3v) is 2.80. The molecule has 0 aromatic heterocycles. The van der Waals surface area contributed by atoms with Gasteiger partial charge >= 0.3 is 12.5 Å². The number of nitrogens with one attached hydrogen (secondary N) is 1. The zero-order valence-electron chi connectivity index (χ0n) is 11.7. The van der Waals surface area contributed by atoms with Gasteiger partial charge in [-0.05, 0) is 24.3 Å². The molecule has 0 spiro atoms. The Morgan fingerprint density at radius 1 is 0.917 bits per heavy atom. The molecule has 1 amide bonds. The van der Waals surface area contributed by atoms with Crippen molar-refractivity contribution in [3.05, 3.63) is 59.7 Å². The number of carbonyl (C=O) groups excluding carboxylic acids is 1. The molecule has 2 aromatic carbocycles. The third kappa shape index (κ3) is 4.64. The van der Waals surface area contributed by atoms with Gasteiger partial charge in [0.1, 0.15) is 5.75 Å². The van der Waals surface area contributed by atoms with Gasteiger partial charge in [-0.1, -0.05) is 18.2 Å². The topological polar surface area (TPSA) is 38.3 Å². The standard InChI is InChI=1S/C15H9F6NO2/c16-14(17,18)12-7-2-1-6-11(12)13(23)22-9-4-3-5-10(8-9)24-15(19,20)21/h1-8H,(H,22,23). The maximum absolute atomic E-state index is 12.9. The minimum atomic E-state index is -4.93. The van der Waals surface area contributed by atoms with Gasteiger partial charge in [0.05, 0.1) is 11.1 Å². The summed E-state index contributed by atoms with van der Waals surface area (Å²) in [6.07, 6.45) is -9.67. The van der Waals surface area contributed by atoms with E-state index in [2.05, 4.69) is 10.1 Å². The molecule has 24 heavy (non-hydrogen) atoms. The molecule has 0 unspecified atom stereocenters. The monoisotopic (exact) mass is 349 g/mol. The smallest absolute Gasteiger partial charge is 0.406 e. The van der Waals surface area contributed by atoms with Crippen molar-refractivity contribution in [2.45, 2.75) is 12.5 Å². The van der Waals surface area contributed by atoms with Crippen molar-refractivity contribution in [2.75, 3.05) is 5.32 Å². The second-order valence-corrected chi connectivity index (χ2v) is 4.57. The van der Waals surface area contributed by atoms with Crippen molar-refractivity contribution in [1.29, 1.82) is 0 Å². The van der Waals surface area contributed by atoms with E-state index in [0.29, 0.717) is 0 Å². The molecular weight excluding hydrogens is 340 g/mol. The SMILES string of the molecule is O=C(Nc1cccc(OC(F)(F)F)c1)c1ccccc1C(F)(F)F. The highest BCUT2D eigenvalue weighted by molar-refractivity contribution is 6.05. The molecule has 0 bridgehead atoms. The minimum Gasteiger partial charge on any atom is -0.406 e. The van der Waals surface area contributed by atoms with E-state index in [4.69, 9.17) is 0 Å². The molecule has 0 saturated carbocycles. The number of anilines is 1. The fourth-order valence-corrected chi connectivity index (χ4v) is 1.90. The van der Waals surface area contributed by atoms with Crippen LogP contribution in [0.2, 0.25) is 0 Å². The lowest BCUT2D eigenvalue weighted by molar-refractivity contribution is -0.274. The first kappa shape index (κ1) is 17.6. The summed E-state index contributed by atoms with van der Waals surface area (Å²) < 4.78 is 78.7. The van der Waals surface area contributed by atoms with Gasteiger partial charge in [0.15, 0.2) is 0 Å². The summed E-state index contributed by atoms with van der Waals surface area (Å²) in [5, 5.41) is 2.11. The average Bonchev–Trinajstić information content (AvgIpc) is 2.45. The molecule has 0 aliphatic carbocycles. The van der Waals surface area contributed by atoms with E-state index in [0.717, 1.165) is 36.4 Å². The minimum absolute atomic E-state index is 0.140. The normalized spacial score (nSPS) is 11.9. The second-order valence-electron chi connectivity index (χ2n) is 4.57. The van der Waals surface area contributed by atoms with Gasteiger partial charge in [-0.15, -0.1) is 13.2 Å². The van der Waals surface area contributed by atoms with Crippen LogP contribution in [0, 0.1) is 0 Å². The van der Waals surface area contributed by atoms with Crippen LogP contribution in [0.5, 0.6) is 5.75 Å². The number of benzene rings is 2. The number of amides is 1. The molecule has 0 radical (unpaired) electrons. The van der Waals surface area contributed by atoms with Crippen LogP contribution in [-0.2, 0) is 6.18 Å². The van der Waals surface area contributed by atoms with Gasteiger partial charge in [0, 0.05) is 11.8 Å². The highest BCUT2D eigenvalue weighted by atomic mass is 19.4. The van der Waals surface area contributed by atoms with Crippen molar-refractivity contribution in [3.63, 3.8) is 0 Å². The number of carbonyl (C=O) groups is 1. The molecule has 2 aromatic rings. The average molecular weight is 349 g/mol. The molecule has 0 saturated heterocycles. The molecule has 0 heterocycles. The van der Waals surface area contributed by atoms with Gasteiger partial charge in [0.25, 0.3) is 5.91 Å². The molecule has 2 rings (SSSR count). The van der Waals surface area contributed by atoms with E-state index in [1.165, 1.54) is 12.1 Å². The van der Waals surface area contributed by atoms with Crippen molar-refractivity contribution >= 4 is 11.6 Å². The summed E-state index contributed by atoms with van der Waals surface area (Å²) >= 11 is 0. The first-order chi connectivity index (χ1) is 11.1. The van der Waals surface area contributed by atoms with E-state index < -0.39 is 35.3 Å². The van der Waals surface area contributed by atoms with Crippen molar-refractivity contribution < 1.29 is 35.9 Å². The summed E-state index contributed by atoms with van der Waals surface area (Å²) in [4.78, 5) is 12.0. The molecule has 9 heteroatoms. The van der Waals surface area contributed by atoms with Crippen molar-refractivity contribution in [2.24, 2.45) is 0 Å². The van der Waals surface area contributed by atoms with Crippen molar-refractivity contribution in [3.8, 4) is 5.75 Å². The summed E-state index contributed by atoms with van der Waals surface area (Å²) in [5.41, 5.74) is -1.93. The highest BCUT2D eigenvalue weighted by Gasteiger charge is 2.35. The predicted molar refractivity (Wildman–Crippen MR) is 72.5 cm³/mol. The van der Waals surface area contributed by atoms with E-state index in [1.807, 2.05) is 0 Å². The summed E-state index contributed by atoms with van der Waals surface area (Å²) in [6, 6.07) is 8.29. The fourth-order valence-electron chi connectivity index (χ4n) is 1.90. The van der Waals surface area contributed by atoms with E-state index in [-0.39, 0.29) is 5.69 Å². The first-order valence-electron chi connectivity index (χ1n) is 6.39. The van der Waals surface area contributed by atoms with Gasteiger partial charge in [-0.2, -0.15) is 13.2 Å². The van der Waals surface area contributed by atoms with E-state index in [9.17, 15) is 31.1 Å². The lowest BCUT2D eigenvalue weighted by Gasteiger charge is -2.13. The predicted octanol–water partition coefficient (Wildman–Crippen LogP) is 4.86. The maximum atomic E-state index is 12.9. The zero-order chi connectivity index (χ0) is 18.0. The Labute approximate surface area is 131 Å². The van der Waals surface area contributed by atoms with Gasteiger partial charge in [-0.25, -0.2) is 0 Å². The zero-order valence-corrected chi connectivity index (χ0v) is 11.7. The Morgan fingerprint density at radius 2 is 1.58 bits per heavy atom. The first-order valence-corrected chi connectivity index (χ1v) is 6.39. The Kier molecular flexibility index (Phi) is 4.72. The van der Waals surface area contributed by atoms with Crippen LogP contribution in [-0.4, -0.2) is 12.3 Å². The van der Waals surface area contributed by atoms with Crippen LogP contribution in [0.4, 0.5) is 32.0 Å². The quantitative estimate of drug-likeness (QED) is 0.804. The van der Waals surface area contributed by atoms with Crippen molar-refractivity contribution in [1.82, 2.24) is 0 Å². The Balaban J connectivity index is 2.24. The molecule has 128 valence electrons. The molecular formula is C15H9F6NO2. The fraction of sp³-hybridized carbons (Fsp3) is 0.133. The summed E-state index contributed by atoms with van der Waals surface area (Å²) in [7, 11) is 0. The molecule has 0 aliphatic rings. The Hall–Kier alpha value is -2.71. The molecule has 0 aliphatic heterocycles. The number of hydrogen-bond acceptors (Lipinski definition) is 2. The Bertz CT molecular complexity index is 739. The number of alkyl halides is 6. The molecule has 3 nitrogen and oxygen atoms in total. The second kappa shape index (κ2) is 6.42. The van der Waals surface area contributed by atoms with E-state index >= 15 is 0 Å². The van der Waals surface area contributed by atoms with Gasteiger partial charge < -0.3 is 10.1 Å². The largest absolute Gasteiger partial charge is 0.573 e. The van der Waals surface area contributed by atoms with Crippen LogP contribution in [0.3, 0.4) is 0 Å². The lowest BCUT2D eigenvalue weighted by Crippen LogP contribution is -2.19. The Morgan fingerprint density at radius 3 is 2.21 bits per heavy atom. The number of hydrogen-bond donors (Lipinski definition) is 1. The van der Waals surface area contributed by atoms with Crippen LogP contribution < -0.4 is 10.1 Å². The van der Waals surface area contributed by atoms with Crippen LogP contribution in [0.15, 0.2) is 48.5 Å². The van der Waals surface area contributed by atoms with Crippen LogP contribution in [0.1, 0.15) is 15.9 Å². The van der Waals surface area contributed by atoms with Gasteiger partial charge in [0.2, 0.25) is 0 Å². The van der Waals surface area contributed by atoms with Crippen LogP contribution >= 0.6 is 0 Å². The number of halogens is 6. The maximum Gasteiger partial charge on any atom is 0.573 e. The third-order valence-electron chi connectivity index (χ3n) is 2.80. The summed E-state index contributed by atoms with van der Waals surface area (Å²) in [6.45, 7) is 0. The number of ether oxygens (including phenoxy) is 1. The molecule has 1 N–H and O–H groups in total. The highest BCUT2D eigenvalue weighted by Crippen LogP contribution is 2.32. The van der Waals surface area contributed by atoms with Crippen LogP contribution in [0.25, 0.3) is 0 Å². The van der Waals surface area contributed by atoms with Gasteiger partial charge in [-0.3, -0.25) is 4.79 Å². The van der Waals surface area contributed by atoms with E-state index in [1.54, 1.807) is 0 Å². The lowest BCUT2D eigenvalue weighted by atomic mass is 10.1.